The minimum atomic E-state index is -3.65. The van der Waals surface area contributed by atoms with Gasteiger partial charge in [0.05, 0.1) is 29.6 Å². The first kappa shape index (κ1) is 19.5. The second-order valence-electron chi connectivity index (χ2n) is 5.99. The number of rotatable bonds is 7. The highest BCUT2D eigenvalue weighted by molar-refractivity contribution is 7.89. The van der Waals surface area contributed by atoms with Crippen LogP contribution in [0.2, 0.25) is 0 Å². The van der Waals surface area contributed by atoms with Crippen LogP contribution in [0.4, 0.5) is 5.69 Å². The summed E-state index contributed by atoms with van der Waals surface area (Å²) in [6.45, 7) is 1.95. The van der Waals surface area contributed by atoms with Crippen molar-refractivity contribution in [1.29, 1.82) is 0 Å². The van der Waals surface area contributed by atoms with Gasteiger partial charge in [-0.1, -0.05) is 12.1 Å². The zero-order chi connectivity index (χ0) is 20.0. The van der Waals surface area contributed by atoms with Crippen LogP contribution >= 0.6 is 0 Å². The third kappa shape index (κ3) is 5.15. The Hall–Kier alpha value is -3.23. The van der Waals surface area contributed by atoms with Crippen LogP contribution in [0.3, 0.4) is 0 Å². The molecule has 0 aliphatic rings. The fourth-order valence-electron chi connectivity index (χ4n) is 2.36. The molecule has 0 saturated heterocycles. The lowest BCUT2D eigenvalue weighted by atomic mass is 10.2. The predicted octanol–water partition coefficient (Wildman–Crippen LogP) is 3.11. The zero-order valence-electron chi connectivity index (χ0n) is 15.1. The van der Waals surface area contributed by atoms with E-state index in [4.69, 9.17) is 4.42 Å². The standard InChI is InChI=1S/C20H19N3O4S/c1-15-10-11-21-14-19(15)23-20(24)9-6-16-4-7-18(8-5-16)28(25,26)22-13-17-3-2-12-27-17/h2-12,14,22H,13H2,1H3,(H,23,24). The number of aromatic nitrogens is 1. The Bertz CT molecular complexity index is 1070. The van der Waals surface area contributed by atoms with Crippen molar-refractivity contribution in [2.75, 3.05) is 5.32 Å². The maximum absolute atomic E-state index is 12.3. The Labute approximate surface area is 163 Å². The average Bonchev–Trinajstić information content (AvgIpc) is 3.21. The highest BCUT2D eigenvalue weighted by Crippen LogP contribution is 2.14. The van der Waals surface area contributed by atoms with Crippen LogP contribution in [0.5, 0.6) is 0 Å². The molecule has 0 unspecified atom stereocenters. The van der Waals surface area contributed by atoms with Crippen LogP contribution < -0.4 is 10.0 Å². The monoisotopic (exact) mass is 397 g/mol. The lowest BCUT2D eigenvalue weighted by Gasteiger charge is -2.06. The first-order chi connectivity index (χ1) is 13.4. The maximum atomic E-state index is 12.3. The van der Waals surface area contributed by atoms with Gasteiger partial charge in [0, 0.05) is 12.3 Å². The lowest BCUT2D eigenvalue weighted by Crippen LogP contribution is -2.22. The number of sulfonamides is 1. The molecule has 3 aromatic rings. The van der Waals surface area contributed by atoms with E-state index < -0.39 is 10.0 Å². The number of carbonyl (C=O) groups is 1. The summed E-state index contributed by atoms with van der Waals surface area (Å²) in [5.41, 5.74) is 2.25. The Morgan fingerprint density at radius 1 is 1.18 bits per heavy atom. The molecule has 144 valence electrons. The van der Waals surface area contributed by atoms with Gasteiger partial charge in [-0.25, -0.2) is 13.1 Å². The van der Waals surface area contributed by atoms with Crippen molar-refractivity contribution < 1.29 is 17.6 Å². The second kappa shape index (κ2) is 8.64. The molecule has 2 heterocycles. The number of aryl methyl sites for hydroxylation is 1. The van der Waals surface area contributed by atoms with E-state index >= 15 is 0 Å². The average molecular weight is 397 g/mol. The minimum Gasteiger partial charge on any atom is -0.468 e. The van der Waals surface area contributed by atoms with Crippen molar-refractivity contribution >= 4 is 27.7 Å². The first-order valence-corrected chi connectivity index (χ1v) is 9.94. The van der Waals surface area contributed by atoms with Gasteiger partial charge in [-0.2, -0.15) is 0 Å². The van der Waals surface area contributed by atoms with E-state index in [-0.39, 0.29) is 17.3 Å². The minimum absolute atomic E-state index is 0.0743. The third-order valence-electron chi connectivity index (χ3n) is 3.93. The molecule has 0 aliphatic heterocycles. The molecule has 8 heteroatoms. The van der Waals surface area contributed by atoms with Crippen molar-refractivity contribution in [2.45, 2.75) is 18.4 Å². The van der Waals surface area contributed by atoms with Gasteiger partial charge < -0.3 is 9.73 Å². The van der Waals surface area contributed by atoms with Crippen molar-refractivity contribution in [1.82, 2.24) is 9.71 Å². The highest BCUT2D eigenvalue weighted by atomic mass is 32.2. The fourth-order valence-corrected chi connectivity index (χ4v) is 3.36. The number of carbonyl (C=O) groups excluding carboxylic acids is 1. The Morgan fingerprint density at radius 2 is 1.96 bits per heavy atom. The molecule has 2 N–H and O–H groups in total. The third-order valence-corrected chi connectivity index (χ3v) is 5.35. The smallest absolute Gasteiger partial charge is 0.248 e. The summed E-state index contributed by atoms with van der Waals surface area (Å²) in [6, 6.07) is 11.4. The number of anilines is 1. The molecule has 0 bridgehead atoms. The van der Waals surface area contributed by atoms with E-state index in [9.17, 15) is 13.2 Å². The Morgan fingerprint density at radius 3 is 2.64 bits per heavy atom. The number of pyridine rings is 1. The number of hydrogen-bond acceptors (Lipinski definition) is 5. The molecular formula is C20H19N3O4S. The number of nitrogens with zero attached hydrogens (tertiary/aromatic N) is 1. The van der Waals surface area contributed by atoms with Crippen molar-refractivity contribution in [2.24, 2.45) is 0 Å². The van der Waals surface area contributed by atoms with Gasteiger partial charge in [0.25, 0.3) is 0 Å². The topological polar surface area (TPSA) is 101 Å². The summed E-state index contributed by atoms with van der Waals surface area (Å²) in [4.78, 5) is 16.1. The van der Waals surface area contributed by atoms with Crippen LogP contribution in [0.1, 0.15) is 16.9 Å². The van der Waals surface area contributed by atoms with E-state index in [1.807, 2.05) is 6.92 Å². The van der Waals surface area contributed by atoms with Crippen LogP contribution in [-0.4, -0.2) is 19.3 Å². The molecule has 0 saturated carbocycles. The Kier molecular flexibility index (Phi) is 6.03. The van der Waals surface area contributed by atoms with Gasteiger partial charge in [-0.05, 0) is 54.5 Å². The maximum Gasteiger partial charge on any atom is 0.248 e. The van der Waals surface area contributed by atoms with Crippen LogP contribution in [0.15, 0.2) is 76.5 Å². The summed E-state index contributed by atoms with van der Waals surface area (Å²) >= 11 is 0. The molecule has 7 nitrogen and oxygen atoms in total. The fraction of sp³-hybridized carbons (Fsp3) is 0.100. The van der Waals surface area contributed by atoms with Gasteiger partial charge in [-0.15, -0.1) is 0 Å². The SMILES string of the molecule is Cc1ccncc1NC(=O)C=Cc1ccc(S(=O)(=O)NCc2ccco2)cc1. The molecule has 1 amide bonds. The van der Waals surface area contributed by atoms with Crippen LogP contribution in [-0.2, 0) is 21.4 Å². The summed E-state index contributed by atoms with van der Waals surface area (Å²) < 4.78 is 32.2. The molecule has 0 radical (unpaired) electrons. The lowest BCUT2D eigenvalue weighted by molar-refractivity contribution is -0.111. The van der Waals surface area contributed by atoms with Gasteiger partial charge in [0.2, 0.25) is 15.9 Å². The van der Waals surface area contributed by atoms with Crippen molar-refractivity contribution in [3.05, 3.63) is 84.1 Å². The second-order valence-corrected chi connectivity index (χ2v) is 7.75. The molecule has 28 heavy (non-hydrogen) atoms. The van der Waals surface area contributed by atoms with Crippen molar-refractivity contribution in [3.8, 4) is 0 Å². The largest absolute Gasteiger partial charge is 0.468 e. The van der Waals surface area contributed by atoms with E-state index in [1.165, 1.54) is 24.5 Å². The van der Waals surface area contributed by atoms with E-state index in [0.29, 0.717) is 17.0 Å². The molecule has 3 rings (SSSR count). The number of benzene rings is 1. The normalized spacial score (nSPS) is 11.6. The van der Waals surface area contributed by atoms with Crippen molar-refractivity contribution in [3.63, 3.8) is 0 Å². The Balaban J connectivity index is 1.61. The van der Waals surface area contributed by atoms with Crippen LogP contribution in [0.25, 0.3) is 6.08 Å². The first-order valence-electron chi connectivity index (χ1n) is 8.46. The van der Waals surface area contributed by atoms with Crippen LogP contribution in [0, 0.1) is 6.92 Å². The van der Waals surface area contributed by atoms with E-state index in [1.54, 1.807) is 48.8 Å². The molecule has 0 aliphatic carbocycles. The number of nitrogens with one attached hydrogen (secondary N) is 2. The summed E-state index contributed by atoms with van der Waals surface area (Å²) in [7, 11) is -3.65. The van der Waals surface area contributed by atoms with E-state index in [0.717, 1.165) is 5.56 Å². The van der Waals surface area contributed by atoms with Gasteiger partial charge in [0.15, 0.2) is 0 Å². The summed E-state index contributed by atoms with van der Waals surface area (Å²) in [5, 5.41) is 2.74. The number of amides is 1. The molecule has 0 spiro atoms. The molecule has 2 aromatic heterocycles. The summed E-state index contributed by atoms with van der Waals surface area (Å²) in [5.74, 6) is 0.228. The predicted molar refractivity (Wildman–Crippen MR) is 106 cm³/mol. The highest BCUT2D eigenvalue weighted by Gasteiger charge is 2.14. The number of hydrogen-bond donors (Lipinski definition) is 2. The zero-order valence-corrected chi connectivity index (χ0v) is 15.9. The summed E-state index contributed by atoms with van der Waals surface area (Å²) in [6.07, 6.45) is 7.70. The molecule has 0 fully saturated rings. The molecular weight excluding hydrogens is 378 g/mol. The quantitative estimate of drug-likeness (QED) is 0.597. The van der Waals surface area contributed by atoms with E-state index in [2.05, 4.69) is 15.0 Å². The molecule has 0 atom stereocenters. The van der Waals surface area contributed by atoms with Gasteiger partial charge in [-0.3, -0.25) is 9.78 Å². The van der Waals surface area contributed by atoms with Gasteiger partial charge >= 0.3 is 0 Å². The van der Waals surface area contributed by atoms with Gasteiger partial charge in [0.1, 0.15) is 5.76 Å². The number of furan rings is 1. The molecule has 1 aromatic carbocycles.